The molecular formula is C19H21FN2O2. The van der Waals surface area contributed by atoms with Crippen LogP contribution in [-0.2, 0) is 6.42 Å². The predicted octanol–water partition coefficient (Wildman–Crippen LogP) is 2.80. The van der Waals surface area contributed by atoms with Gasteiger partial charge in [-0.05, 0) is 49.1 Å². The number of hydrogen-bond donors (Lipinski definition) is 1. The van der Waals surface area contributed by atoms with E-state index in [9.17, 15) is 14.3 Å². The molecule has 0 aliphatic carbocycles. The summed E-state index contributed by atoms with van der Waals surface area (Å²) < 4.78 is 13.0. The number of aliphatic hydroxyl groups excluding tert-OH is 1. The summed E-state index contributed by atoms with van der Waals surface area (Å²) in [5, 5.41) is 9.71. The molecule has 1 fully saturated rings. The van der Waals surface area contributed by atoms with Crippen molar-refractivity contribution in [3.8, 4) is 0 Å². The first-order valence-electron chi connectivity index (χ1n) is 8.28. The van der Waals surface area contributed by atoms with Gasteiger partial charge in [-0.25, -0.2) is 4.39 Å². The fourth-order valence-corrected chi connectivity index (χ4v) is 2.98. The van der Waals surface area contributed by atoms with Crippen LogP contribution in [0.1, 0.15) is 40.9 Å². The Morgan fingerprint density at radius 3 is 2.79 bits per heavy atom. The zero-order valence-electron chi connectivity index (χ0n) is 13.5. The Balaban J connectivity index is 1.72. The maximum absolute atomic E-state index is 13.0. The number of rotatable bonds is 3. The number of carbonyl (C=O) groups excluding carboxylic acids is 1. The van der Waals surface area contributed by atoms with E-state index in [2.05, 4.69) is 4.98 Å². The highest BCUT2D eigenvalue weighted by molar-refractivity contribution is 5.94. The number of aromatic nitrogens is 1. The molecule has 3 rings (SSSR count). The van der Waals surface area contributed by atoms with E-state index in [0.717, 1.165) is 24.1 Å². The summed E-state index contributed by atoms with van der Waals surface area (Å²) in [6, 6.07) is 9.81. The lowest BCUT2D eigenvalue weighted by Gasteiger charge is -2.20. The molecule has 2 aromatic rings. The van der Waals surface area contributed by atoms with Gasteiger partial charge in [-0.2, -0.15) is 0 Å². The molecule has 2 heterocycles. The minimum atomic E-state index is -0.311. The second kappa shape index (κ2) is 7.53. The Labute approximate surface area is 141 Å². The zero-order chi connectivity index (χ0) is 16.9. The molecule has 1 aromatic carbocycles. The summed E-state index contributed by atoms with van der Waals surface area (Å²) in [7, 11) is 0. The molecule has 1 amide bonds. The van der Waals surface area contributed by atoms with Gasteiger partial charge in [0.05, 0.1) is 6.10 Å². The molecule has 0 saturated carbocycles. The standard InChI is InChI=1S/C19H21FN2O2/c20-16-5-3-14(4-6-16)12-17-13-15(7-9-21-17)19(24)22-10-1-2-18(23)8-11-22/h3-7,9,13,18,23H,1-2,8,10-12H2. The molecule has 1 N–H and O–H groups in total. The molecule has 1 unspecified atom stereocenters. The van der Waals surface area contributed by atoms with Crippen molar-refractivity contribution in [2.24, 2.45) is 0 Å². The van der Waals surface area contributed by atoms with E-state index in [0.29, 0.717) is 31.5 Å². The summed E-state index contributed by atoms with van der Waals surface area (Å²) in [5.74, 6) is -0.286. The van der Waals surface area contributed by atoms with Crippen LogP contribution in [0.4, 0.5) is 4.39 Å². The van der Waals surface area contributed by atoms with Crippen molar-refractivity contribution < 1.29 is 14.3 Å². The number of benzene rings is 1. The third-order valence-electron chi connectivity index (χ3n) is 4.35. The lowest BCUT2D eigenvalue weighted by atomic mass is 10.1. The Bertz CT molecular complexity index is 703. The zero-order valence-corrected chi connectivity index (χ0v) is 13.5. The first-order chi connectivity index (χ1) is 11.6. The number of likely N-dealkylation sites (tertiary alicyclic amines) is 1. The summed E-state index contributed by atoms with van der Waals surface area (Å²) >= 11 is 0. The van der Waals surface area contributed by atoms with Gasteiger partial charge in [0.15, 0.2) is 0 Å². The van der Waals surface area contributed by atoms with Crippen molar-refractivity contribution in [3.05, 3.63) is 65.2 Å². The van der Waals surface area contributed by atoms with Crippen LogP contribution in [0.5, 0.6) is 0 Å². The number of hydrogen-bond acceptors (Lipinski definition) is 3. The molecule has 1 atom stereocenters. The highest BCUT2D eigenvalue weighted by Gasteiger charge is 2.20. The molecular weight excluding hydrogens is 307 g/mol. The van der Waals surface area contributed by atoms with Gasteiger partial charge >= 0.3 is 0 Å². The fraction of sp³-hybridized carbons (Fsp3) is 0.368. The summed E-state index contributed by atoms with van der Waals surface area (Å²) in [6.07, 6.45) is 4.07. The molecule has 4 nitrogen and oxygen atoms in total. The van der Waals surface area contributed by atoms with Crippen molar-refractivity contribution in [1.29, 1.82) is 0 Å². The van der Waals surface area contributed by atoms with Gasteiger partial charge in [-0.3, -0.25) is 9.78 Å². The largest absolute Gasteiger partial charge is 0.393 e. The van der Waals surface area contributed by atoms with Crippen molar-refractivity contribution in [2.75, 3.05) is 13.1 Å². The SMILES string of the molecule is O=C(c1ccnc(Cc2ccc(F)cc2)c1)N1CCCC(O)CC1. The van der Waals surface area contributed by atoms with E-state index in [1.165, 1.54) is 12.1 Å². The molecule has 1 aliphatic heterocycles. The van der Waals surface area contributed by atoms with Gasteiger partial charge in [0.1, 0.15) is 5.82 Å². The third kappa shape index (κ3) is 4.17. The Hall–Kier alpha value is -2.27. The molecule has 5 heteroatoms. The van der Waals surface area contributed by atoms with E-state index in [1.54, 1.807) is 35.4 Å². The van der Waals surface area contributed by atoms with Crippen LogP contribution < -0.4 is 0 Å². The van der Waals surface area contributed by atoms with Gasteiger partial charge in [0.2, 0.25) is 0 Å². The Kier molecular flexibility index (Phi) is 5.20. The Morgan fingerprint density at radius 2 is 2.00 bits per heavy atom. The fourth-order valence-electron chi connectivity index (χ4n) is 2.98. The van der Waals surface area contributed by atoms with Crippen LogP contribution in [0.25, 0.3) is 0 Å². The van der Waals surface area contributed by atoms with Crippen molar-refractivity contribution in [1.82, 2.24) is 9.88 Å². The maximum atomic E-state index is 13.0. The molecule has 0 bridgehead atoms. The van der Waals surface area contributed by atoms with Crippen LogP contribution >= 0.6 is 0 Å². The summed E-state index contributed by atoms with van der Waals surface area (Å²) in [6.45, 7) is 1.25. The normalized spacial score (nSPS) is 18.2. The maximum Gasteiger partial charge on any atom is 0.253 e. The highest BCUT2D eigenvalue weighted by atomic mass is 19.1. The predicted molar refractivity (Wildman–Crippen MR) is 89.2 cm³/mol. The second-order valence-electron chi connectivity index (χ2n) is 6.22. The third-order valence-corrected chi connectivity index (χ3v) is 4.35. The lowest BCUT2D eigenvalue weighted by Crippen LogP contribution is -2.32. The van der Waals surface area contributed by atoms with E-state index < -0.39 is 0 Å². The summed E-state index contributed by atoms with van der Waals surface area (Å²) in [4.78, 5) is 18.8. The van der Waals surface area contributed by atoms with Gasteiger partial charge in [-0.15, -0.1) is 0 Å². The van der Waals surface area contributed by atoms with Crippen LogP contribution in [0.3, 0.4) is 0 Å². The van der Waals surface area contributed by atoms with Crippen LogP contribution in [0.2, 0.25) is 0 Å². The molecule has 24 heavy (non-hydrogen) atoms. The summed E-state index contributed by atoms with van der Waals surface area (Å²) in [5.41, 5.74) is 2.34. The first-order valence-corrected chi connectivity index (χ1v) is 8.28. The quantitative estimate of drug-likeness (QED) is 0.943. The van der Waals surface area contributed by atoms with Crippen molar-refractivity contribution in [3.63, 3.8) is 0 Å². The minimum absolute atomic E-state index is 0.0214. The van der Waals surface area contributed by atoms with Crippen LogP contribution in [-0.4, -0.2) is 40.1 Å². The number of pyridine rings is 1. The van der Waals surface area contributed by atoms with Gasteiger partial charge in [0, 0.05) is 37.0 Å². The van der Waals surface area contributed by atoms with Gasteiger partial charge in [-0.1, -0.05) is 12.1 Å². The number of aliphatic hydroxyl groups is 1. The molecule has 1 aliphatic rings. The lowest BCUT2D eigenvalue weighted by molar-refractivity contribution is 0.0753. The average molecular weight is 328 g/mol. The molecule has 1 saturated heterocycles. The first kappa shape index (κ1) is 16.6. The highest BCUT2D eigenvalue weighted by Crippen LogP contribution is 2.15. The van der Waals surface area contributed by atoms with Gasteiger partial charge < -0.3 is 10.0 Å². The van der Waals surface area contributed by atoms with E-state index in [-0.39, 0.29) is 17.8 Å². The average Bonchev–Trinajstić information content (AvgIpc) is 2.81. The number of nitrogens with zero attached hydrogens (tertiary/aromatic N) is 2. The Morgan fingerprint density at radius 1 is 1.21 bits per heavy atom. The molecule has 126 valence electrons. The van der Waals surface area contributed by atoms with Gasteiger partial charge in [0.25, 0.3) is 5.91 Å². The van der Waals surface area contributed by atoms with E-state index >= 15 is 0 Å². The van der Waals surface area contributed by atoms with Crippen molar-refractivity contribution in [2.45, 2.75) is 31.8 Å². The topological polar surface area (TPSA) is 53.4 Å². The second-order valence-corrected chi connectivity index (χ2v) is 6.22. The number of carbonyl (C=O) groups is 1. The minimum Gasteiger partial charge on any atom is -0.393 e. The van der Waals surface area contributed by atoms with Crippen LogP contribution in [0.15, 0.2) is 42.6 Å². The van der Waals surface area contributed by atoms with Crippen LogP contribution in [0, 0.1) is 5.82 Å². The smallest absolute Gasteiger partial charge is 0.253 e. The molecule has 1 aromatic heterocycles. The van der Waals surface area contributed by atoms with E-state index in [4.69, 9.17) is 0 Å². The monoisotopic (exact) mass is 328 g/mol. The molecule has 0 radical (unpaired) electrons. The molecule has 0 spiro atoms. The van der Waals surface area contributed by atoms with Crippen molar-refractivity contribution >= 4 is 5.91 Å². The number of amides is 1. The number of halogens is 1. The van der Waals surface area contributed by atoms with E-state index in [1.807, 2.05) is 0 Å².